The van der Waals surface area contributed by atoms with Crippen LogP contribution in [0, 0.1) is 0 Å². The maximum atomic E-state index is 11.5. The summed E-state index contributed by atoms with van der Waals surface area (Å²) in [4.78, 5) is 11.5. The molecule has 4 nitrogen and oxygen atoms in total. The molecule has 0 saturated heterocycles. The third-order valence-corrected chi connectivity index (χ3v) is 2.65. The van der Waals surface area contributed by atoms with Crippen molar-refractivity contribution >= 4 is 23.4 Å². The minimum Gasteiger partial charge on any atom is -0.492 e. The highest BCUT2D eigenvalue weighted by Crippen LogP contribution is 2.17. The maximum absolute atomic E-state index is 11.5. The quantitative estimate of drug-likeness (QED) is 0.777. The summed E-state index contributed by atoms with van der Waals surface area (Å²) >= 11 is 1.66. The van der Waals surface area contributed by atoms with Crippen molar-refractivity contribution in [2.75, 3.05) is 30.5 Å². The number of anilines is 1. The molecule has 0 bridgehead atoms. The van der Waals surface area contributed by atoms with Gasteiger partial charge in [-0.05, 0) is 18.4 Å². The van der Waals surface area contributed by atoms with Crippen molar-refractivity contribution in [3.8, 4) is 5.75 Å². The molecule has 0 fully saturated rings. The Kier molecular flexibility index (Phi) is 6.50. The Hall–Kier alpha value is -1.20. The lowest BCUT2D eigenvalue weighted by atomic mass is 10.3. The number of nitrogens with one attached hydrogen (secondary N) is 1. The lowest BCUT2D eigenvalue weighted by Gasteiger charge is -2.08. The van der Waals surface area contributed by atoms with Crippen LogP contribution in [0.3, 0.4) is 0 Å². The summed E-state index contributed by atoms with van der Waals surface area (Å²) in [6.07, 6.45) is 2.50. The number of amides is 1. The highest BCUT2D eigenvalue weighted by molar-refractivity contribution is 7.98. The average molecular weight is 254 g/mol. The smallest absolute Gasteiger partial charge is 0.225 e. The zero-order valence-corrected chi connectivity index (χ0v) is 10.8. The summed E-state index contributed by atoms with van der Waals surface area (Å²) in [5, 5.41) is 2.83. The van der Waals surface area contributed by atoms with Crippen molar-refractivity contribution in [2.45, 2.75) is 6.42 Å². The fraction of sp³-hybridized carbons (Fsp3) is 0.417. The van der Waals surface area contributed by atoms with Gasteiger partial charge in [0.2, 0.25) is 5.91 Å². The predicted octanol–water partition coefficient (Wildman–Crippen LogP) is 1.72. The highest BCUT2D eigenvalue weighted by atomic mass is 32.2. The molecule has 0 aromatic heterocycles. The first-order valence-electron chi connectivity index (χ1n) is 5.48. The molecule has 1 amide bonds. The largest absolute Gasteiger partial charge is 0.492 e. The van der Waals surface area contributed by atoms with Gasteiger partial charge < -0.3 is 15.8 Å². The molecule has 1 aromatic carbocycles. The van der Waals surface area contributed by atoms with Crippen molar-refractivity contribution in [1.29, 1.82) is 0 Å². The van der Waals surface area contributed by atoms with Gasteiger partial charge in [0.15, 0.2) is 0 Å². The van der Waals surface area contributed by atoms with Crippen molar-refractivity contribution in [2.24, 2.45) is 5.73 Å². The van der Waals surface area contributed by atoms with Crippen molar-refractivity contribution in [3.63, 3.8) is 0 Å². The van der Waals surface area contributed by atoms with Crippen LogP contribution in [-0.2, 0) is 4.79 Å². The Labute approximate surface area is 106 Å². The Morgan fingerprint density at radius 3 is 3.06 bits per heavy atom. The lowest BCUT2D eigenvalue weighted by Crippen LogP contribution is -2.13. The van der Waals surface area contributed by atoms with Gasteiger partial charge in [0.1, 0.15) is 12.4 Å². The van der Waals surface area contributed by atoms with Crippen LogP contribution in [0.5, 0.6) is 5.75 Å². The standard InChI is InChI=1S/C12H18N2O2S/c1-17-8-5-12(15)14-10-3-2-4-11(9-10)16-7-6-13/h2-4,9H,5-8,13H2,1H3,(H,14,15). The second kappa shape index (κ2) is 7.97. The number of benzene rings is 1. The molecule has 0 unspecified atom stereocenters. The SMILES string of the molecule is CSCCC(=O)Nc1cccc(OCCN)c1. The van der Waals surface area contributed by atoms with E-state index >= 15 is 0 Å². The van der Waals surface area contributed by atoms with Crippen LogP contribution in [0.15, 0.2) is 24.3 Å². The van der Waals surface area contributed by atoms with E-state index in [0.29, 0.717) is 19.6 Å². The number of carbonyl (C=O) groups excluding carboxylic acids is 1. The number of ether oxygens (including phenoxy) is 1. The van der Waals surface area contributed by atoms with E-state index in [-0.39, 0.29) is 5.91 Å². The van der Waals surface area contributed by atoms with Gasteiger partial charge in [0, 0.05) is 30.5 Å². The first-order chi connectivity index (χ1) is 8.26. The molecule has 17 heavy (non-hydrogen) atoms. The van der Waals surface area contributed by atoms with E-state index in [1.807, 2.05) is 24.5 Å². The van der Waals surface area contributed by atoms with E-state index < -0.39 is 0 Å². The number of carbonyl (C=O) groups is 1. The van der Waals surface area contributed by atoms with E-state index in [4.69, 9.17) is 10.5 Å². The molecule has 5 heteroatoms. The summed E-state index contributed by atoms with van der Waals surface area (Å²) < 4.78 is 5.38. The molecule has 1 aromatic rings. The van der Waals surface area contributed by atoms with Gasteiger partial charge in [-0.2, -0.15) is 11.8 Å². The molecule has 1 rings (SSSR count). The third kappa shape index (κ3) is 5.60. The van der Waals surface area contributed by atoms with Crippen LogP contribution in [0.4, 0.5) is 5.69 Å². The summed E-state index contributed by atoms with van der Waals surface area (Å²) in [5.74, 6) is 1.57. The van der Waals surface area contributed by atoms with Crippen LogP contribution in [0.1, 0.15) is 6.42 Å². The summed E-state index contributed by atoms with van der Waals surface area (Å²) in [6.45, 7) is 0.953. The molecular weight excluding hydrogens is 236 g/mol. The molecule has 0 atom stereocenters. The zero-order chi connectivity index (χ0) is 12.5. The lowest BCUT2D eigenvalue weighted by molar-refractivity contribution is -0.115. The first-order valence-corrected chi connectivity index (χ1v) is 6.87. The molecule has 0 saturated carbocycles. The molecular formula is C12H18N2O2S. The van der Waals surface area contributed by atoms with E-state index in [9.17, 15) is 4.79 Å². The molecule has 0 spiro atoms. The zero-order valence-electron chi connectivity index (χ0n) is 9.94. The Balaban J connectivity index is 2.50. The molecule has 0 aliphatic carbocycles. The first kappa shape index (κ1) is 13.9. The minimum atomic E-state index is 0.0234. The normalized spacial score (nSPS) is 10.0. The number of hydrogen-bond donors (Lipinski definition) is 2. The molecule has 0 heterocycles. The number of hydrogen-bond acceptors (Lipinski definition) is 4. The van der Waals surface area contributed by atoms with E-state index in [0.717, 1.165) is 17.2 Å². The predicted molar refractivity (Wildman–Crippen MR) is 72.6 cm³/mol. The van der Waals surface area contributed by atoms with Gasteiger partial charge in [0.25, 0.3) is 0 Å². The second-order valence-corrected chi connectivity index (χ2v) is 4.44. The summed E-state index contributed by atoms with van der Waals surface area (Å²) in [5.41, 5.74) is 6.11. The molecule has 0 aliphatic rings. The van der Waals surface area contributed by atoms with Crippen LogP contribution in [0.2, 0.25) is 0 Å². The average Bonchev–Trinajstić information content (AvgIpc) is 2.34. The number of rotatable bonds is 7. The Morgan fingerprint density at radius 2 is 2.35 bits per heavy atom. The van der Waals surface area contributed by atoms with Crippen LogP contribution < -0.4 is 15.8 Å². The van der Waals surface area contributed by atoms with Crippen molar-refractivity contribution in [1.82, 2.24) is 0 Å². The Morgan fingerprint density at radius 1 is 1.53 bits per heavy atom. The molecule has 0 radical (unpaired) electrons. The van der Waals surface area contributed by atoms with Crippen molar-refractivity contribution in [3.05, 3.63) is 24.3 Å². The minimum absolute atomic E-state index is 0.0234. The summed E-state index contributed by atoms with van der Waals surface area (Å²) in [7, 11) is 0. The van der Waals surface area contributed by atoms with Gasteiger partial charge in [-0.3, -0.25) is 4.79 Å². The number of thioether (sulfide) groups is 1. The van der Waals surface area contributed by atoms with Crippen LogP contribution in [0.25, 0.3) is 0 Å². The second-order valence-electron chi connectivity index (χ2n) is 3.46. The number of nitrogens with two attached hydrogens (primary N) is 1. The fourth-order valence-electron chi connectivity index (χ4n) is 1.26. The van der Waals surface area contributed by atoms with Gasteiger partial charge in [-0.25, -0.2) is 0 Å². The van der Waals surface area contributed by atoms with Crippen LogP contribution >= 0.6 is 11.8 Å². The maximum Gasteiger partial charge on any atom is 0.225 e. The molecule has 3 N–H and O–H groups in total. The summed E-state index contributed by atoms with van der Waals surface area (Å²) in [6, 6.07) is 7.32. The van der Waals surface area contributed by atoms with Gasteiger partial charge in [0.05, 0.1) is 0 Å². The highest BCUT2D eigenvalue weighted by Gasteiger charge is 2.02. The van der Waals surface area contributed by atoms with Crippen LogP contribution in [-0.4, -0.2) is 31.1 Å². The third-order valence-electron chi connectivity index (χ3n) is 2.04. The van der Waals surface area contributed by atoms with E-state index in [2.05, 4.69) is 5.32 Å². The van der Waals surface area contributed by atoms with Gasteiger partial charge >= 0.3 is 0 Å². The van der Waals surface area contributed by atoms with Gasteiger partial charge in [-0.1, -0.05) is 6.07 Å². The monoisotopic (exact) mass is 254 g/mol. The topological polar surface area (TPSA) is 64.3 Å². The van der Waals surface area contributed by atoms with Gasteiger partial charge in [-0.15, -0.1) is 0 Å². The van der Waals surface area contributed by atoms with Crippen molar-refractivity contribution < 1.29 is 9.53 Å². The fourth-order valence-corrected chi connectivity index (χ4v) is 1.65. The molecule has 94 valence electrons. The van der Waals surface area contributed by atoms with E-state index in [1.54, 1.807) is 17.8 Å². The Bertz CT molecular complexity index is 358. The molecule has 0 aliphatic heterocycles. The van der Waals surface area contributed by atoms with E-state index in [1.165, 1.54) is 0 Å².